The maximum atomic E-state index is 5.45. The smallest absolute Gasteiger partial charge is 0.181 e. The molecule has 1 saturated heterocycles. The number of rotatable bonds is 5. The first kappa shape index (κ1) is 22.8. The Bertz CT molecular complexity index is 1580. The van der Waals surface area contributed by atoms with E-state index < -0.39 is 0 Å². The molecule has 2 aromatic carbocycles. The van der Waals surface area contributed by atoms with E-state index in [2.05, 4.69) is 84.7 Å². The normalized spacial score (nSPS) is 15.7. The Morgan fingerprint density at radius 1 is 0.895 bits per heavy atom. The Hall–Kier alpha value is -4.34. The molecule has 0 aliphatic carbocycles. The van der Waals surface area contributed by atoms with Crippen LogP contribution in [0.3, 0.4) is 0 Å². The summed E-state index contributed by atoms with van der Waals surface area (Å²) >= 11 is 0. The highest BCUT2D eigenvalue weighted by atomic mass is 16.5. The number of hydrazine groups is 1. The van der Waals surface area contributed by atoms with Gasteiger partial charge in [-0.1, -0.05) is 36.4 Å². The van der Waals surface area contributed by atoms with Crippen LogP contribution in [0.4, 0.5) is 11.5 Å². The molecule has 0 amide bonds. The molecular weight excluding hydrogens is 476 g/mol. The van der Waals surface area contributed by atoms with Crippen LogP contribution in [0.5, 0.6) is 0 Å². The van der Waals surface area contributed by atoms with E-state index in [1.54, 1.807) is 6.33 Å². The van der Waals surface area contributed by atoms with Gasteiger partial charge < -0.3 is 20.0 Å². The molecule has 2 aliphatic rings. The van der Waals surface area contributed by atoms with Gasteiger partial charge in [-0.05, 0) is 41.8 Å². The monoisotopic (exact) mass is 504 g/mol. The number of imidazole rings is 1. The summed E-state index contributed by atoms with van der Waals surface area (Å²) in [6.45, 7) is 7.05. The second-order valence-corrected chi connectivity index (χ2v) is 9.73. The predicted molar refractivity (Wildman–Crippen MR) is 147 cm³/mol. The summed E-state index contributed by atoms with van der Waals surface area (Å²) in [5, 5.41) is 2.24. The van der Waals surface area contributed by atoms with Crippen molar-refractivity contribution < 1.29 is 4.74 Å². The average Bonchev–Trinajstić information content (AvgIpc) is 3.59. The van der Waals surface area contributed by atoms with Gasteiger partial charge in [0, 0.05) is 43.5 Å². The SMILES string of the molecule is Cc1c(NN2Cc3ccccc3C2)cccc1-c1ncnc2nc(-c3ccc(N4CCOCC4)nc3)[nH]c12. The minimum atomic E-state index is 0.634. The van der Waals surface area contributed by atoms with Crippen LogP contribution in [0.25, 0.3) is 33.8 Å². The summed E-state index contributed by atoms with van der Waals surface area (Å²) in [5.41, 5.74) is 12.8. The Kier molecular flexibility index (Phi) is 5.71. The third kappa shape index (κ3) is 4.15. The number of H-pyrrole nitrogens is 1. The molecule has 0 atom stereocenters. The van der Waals surface area contributed by atoms with E-state index in [9.17, 15) is 0 Å². The second kappa shape index (κ2) is 9.51. The molecule has 190 valence electrons. The van der Waals surface area contributed by atoms with Crippen LogP contribution in [0, 0.1) is 6.92 Å². The van der Waals surface area contributed by atoms with Crippen LogP contribution in [0.1, 0.15) is 16.7 Å². The van der Waals surface area contributed by atoms with Crippen LogP contribution in [0.15, 0.2) is 67.1 Å². The first-order chi connectivity index (χ1) is 18.7. The summed E-state index contributed by atoms with van der Waals surface area (Å²) in [7, 11) is 0. The standard InChI is InChI=1S/C29H28N8O/c1-19-23(7-4-8-24(19)35-37-16-21-5-2-3-6-22(21)17-37)26-27-29(32-18-31-26)34-28(33-27)20-9-10-25(30-15-20)36-11-13-38-14-12-36/h2-10,15,18,35H,11-14,16-17H2,1H3,(H,31,32,33,34). The van der Waals surface area contributed by atoms with Gasteiger partial charge in [-0.25, -0.2) is 24.9 Å². The minimum Gasteiger partial charge on any atom is -0.378 e. The number of aromatic nitrogens is 5. The van der Waals surface area contributed by atoms with Gasteiger partial charge in [0.1, 0.15) is 23.5 Å². The molecule has 9 heteroatoms. The van der Waals surface area contributed by atoms with Gasteiger partial charge in [0.2, 0.25) is 0 Å². The number of nitrogens with one attached hydrogen (secondary N) is 2. The van der Waals surface area contributed by atoms with Crippen molar-refractivity contribution in [3.05, 3.63) is 83.8 Å². The fourth-order valence-electron chi connectivity index (χ4n) is 5.27. The lowest BCUT2D eigenvalue weighted by atomic mass is 10.0. The Morgan fingerprint density at radius 2 is 1.71 bits per heavy atom. The van der Waals surface area contributed by atoms with E-state index in [1.165, 1.54) is 11.1 Å². The maximum Gasteiger partial charge on any atom is 0.181 e. The molecule has 0 bridgehead atoms. The van der Waals surface area contributed by atoms with Crippen LogP contribution in [0.2, 0.25) is 0 Å². The molecule has 2 aliphatic heterocycles. The molecule has 5 heterocycles. The van der Waals surface area contributed by atoms with E-state index in [0.717, 1.165) is 84.6 Å². The van der Waals surface area contributed by atoms with Crippen LogP contribution in [-0.4, -0.2) is 56.2 Å². The van der Waals surface area contributed by atoms with E-state index in [-0.39, 0.29) is 0 Å². The highest BCUT2D eigenvalue weighted by Crippen LogP contribution is 2.33. The second-order valence-electron chi connectivity index (χ2n) is 9.73. The van der Waals surface area contributed by atoms with Gasteiger partial charge in [-0.2, -0.15) is 0 Å². The fourth-order valence-corrected chi connectivity index (χ4v) is 5.27. The van der Waals surface area contributed by atoms with Gasteiger partial charge in [0.05, 0.1) is 24.6 Å². The number of aromatic amines is 1. The number of hydrogen-bond acceptors (Lipinski definition) is 8. The van der Waals surface area contributed by atoms with Crippen molar-refractivity contribution in [1.29, 1.82) is 0 Å². The Balaban J connectivity index is 1.18. The molecular formula is C29H28N8O. The lowest BCUT2D eigenvalue weighted by Crippen LogP contribution is -2.36. The topological polar surface area (TPSA) is 95.1 Å². The average molecular weight is 505 g/mol. The lowest BCUT2D eigenvalue weighted by molar-refractivity contribution is 0.122. The Morgan fingerprint density at radius 3 is 2.47 bits per heavy atom. The lowest BCUT2D eigenvalue weighted by Gasteiger charge is -2.27. The minimum absolute atomic E-state index is 0.634. The molecule has 0 unspecified atom stereocenters. The maximum absolute atomic E-state index is 5.45. The molecule has 1 fully saturated rings. The van der Waals surface area contributed by atoms with E-state index in [0.29, 0.717) is 5.65 Å². The van der Waals surface area contributed by atoms with Crippen molar-refractivity contribution in [1.82, 2.24) is 29.9 Å². The summed E-state index contributed by atoms with van der Waals surface area (Å²) in [5.74, 6) is 1.68. The fraction of sp³-hybridized carbons (Fsp3) is 0.241. The third-order valence-electron chi connectivity index (χ3n) is 7.35. The highest BCUT2D eigenvalue weighted by molar-refractivity contribution is 5.91. The van der Waals surface area contributed by atoms with E-state index in [4.69, 9.17) is 9.72 Å². The number of pyridine rings is 1. The summed E-state index contributed by atoms with van der Waals surface area (Å²) in [4.78, 5) is 24.3. The number of morpholine rings is 1. The number of benzene rings is 2. The van der Waals surface area contributed by atoms with Crippen molar-refractivity contribution in [2.24, 2.45) is 0 Å². The van der Waals surface area contributed by atoms with Gasteiger partial charge in [0.25, 0.3) is 0 Å². The third-order valence-corrected chi connectivity index (χ3v) is 7.35. The summed E-state index contributed by atoms with van der Waals surface area (Å²) < 4.78 is 5.45. The van der Waals surface area contributed by atoms with Gasteiger partial charge >= 0.3 is 0 Å². The molecule has 0 spiro atoms. The Labute approximate surface area is 220 Å². The molecule has 5 aromatic rings. The number of hydrogen-bond donors (Lipinski definition) is 2. The van der Waals surface area contributed by atoms with Crippen molar-refractivity contribution in [2.45, 2.75) is 20.0 Å². The zero-order chi connectivity index (χ0) is 25.5. The van der Waals surface area contributed by atoms with Crippen molar-refractivity contribution in [3.8, 4) is 22.6 Å². The van der Waals surface area contributed by atoms with Crippen molar-refractivity contribution in [3.63, 3.8) is 0 Å². The molecule has 7 rings (SSSR count). The van der Waals surface area contributed by atoms with Crippen LogP contribution in [-0.2, 0) is 17.8 Å². The molecule has 0 radical (unpaired) electrons. The summed E-state index contributed by atoms with van der Waals surface area (Å²) in [6, 6.07) is 18.9. The zero-order valence-electron chi connectivity index (χ0n) is 21.2. The molecule has 3 aromatic heterocycles. The molecule has 38 heavy (non-hydrogen) atoms. The number of anilines is 2. The van der Waals surface area contributed by atoms with Crippen molar-refractivity contribution in [2.75, 3.05) is 36.6 Å². The van der Waals surface area contributed by atoms with Gasteiger partial charge in [-0.15, -0.1) is 0 Å². The van der Waals surface area contributed by atoms with Gasteiger partial charge in [-0.3, -0.25) is 0 Å². The number of ether oxygens (including phenoxy) is 1. The van der Waals surface area contributed by atoms with E-state index in [1.807, 2.05) is 18.3 Å². The van der Waals surface area contributed by atoms with Crippen LogP contribution < -0.4 is 10.3 Å². The molecule has 0 saturated carbocycles. The van der Waals surface area contributed by atoms with Crippen molar-refractivity contribution >= 4 is 22.7 Å². The highest BCUT2D eigenvalue weighted by Gasteiger charge is 2.20. The quantitative estimate of drug-likeness (QED) is 0.360. The largest absolute Gasteiger partial charge is 0.378 e. The molecule has 9 nitrogen and oxygen atoms in total. The summed E-state index contributed by atoms with van der Waals surface area (Å²) in [6.07, 6.45) is 3.44. The van der Waals surface area contributed by atoms with Crippen LogP contribution >= 0.6 is 0 Å². The first-order valence-electron chi connectivity index (χ1n) is 12.9. The predicted octanol–water partition coefficient (Wildman–Crippen LogP) is 4.57. The van der Waals surface area contributed by atoms with E-state index >= 15 is 0 Å². The first-order valence-corrected chi connectivity index (χ1v) is 12.9. The molecule has 2 N–H and O–H groups in total. The number of nitrogens with zero attached hydrogens (tertiary/aromatic N) is 6. The van der Waals surface area contributed by atoms with Gasteiger partial charge in [0.15, 0.2) is 5.65 Å². The zero-order valence-corrected chi connectivity index (χ0v) is 21.2. The number of fused-ring (bicyclic) bond motifs is 2.